The number of hydrogen-bond donors (Lipinski definition) is 3. The van der Waals surface area contributed by atoms with Crippen molar-refractivity contribution in [2.75, 3.05) is 38.2 Å². The fraction of sp³-hybridized carbons (Fsp3) is 0.346. The average molecular weight is 606 g/mol. The SMILES string of the molecule is O=C(O)CCCNC(=O)Nc1cccc(Sc2ccc(C=CC(=O)N3CCOCC3)c(C(F)(F)F)c2C(F)(F)F)c1. The molecule has 0 unspecified atom stereocenters. The van der Waals surface area contributed by atoms with Gasteiger partial charge in [-0.1, -0.05) is 23.9 Å². The van der Waals surface area contributed by atoms with E-state index in [2.05, 4.69) is 10.6 Å². The Kier molecular flexibility index (Phi) is 10.7. The number of morpholine rings is 1. The second-order valence-electron chi connectivity index (χ2n) is 8.68. The lowest BCUT2D eigenvalue weighted by Gasteiger charge is -2.25. The molecule has 0 aliphatic carbocycles. The Morgan fingerprint density at radius 2 is 1.68 bits per heavy atom. The van der Waals surface area contributed by atoms with E-state index in [-0.39, 0.29) is 56.3 Å². The molecule has 0 spiro atoms. The summed E-state index contributed by atoms with van der Waals surface area (Å²) in [6.07, 6.45) is -9.24. The molecule has 15 heteroatoms. The lowest BCUT2D eigenvalue weighted by atomic mass is 9.99. The highest BCUT2D eigenvalue weighted by molar-refractivity contribution is 7.99. The number of hydrogen-bond acceptors (Lipinski definition) is 5. The average Bonchev–Trinajstić information content (AvgIpc) is 2.89. The van der Waals surface area contributed by atoms with Crippen LogP contribution in [0.2, 0.25) is 0 Å². The summed E-state index contributed by atoms with van der Waals surface area (Å²) < 4.78 is 89.7. The molecule has 0 atom stereocenters. The fourth-order valence-electron chi connectivity index (χ4n) is 3.84. The lowest BCUT2D eigenvalue weighted by molar-refractivity contribution is -0.163. The van der Waals surface area contributed by atoms with Crippen LogP contribution >= 0.6 is 11.8 Å². The van der Waals surface area contributed by atoms with Gasteiger partial charge in [-0.15, -0.1) is 0 Å². The maximum atomic E-state index is 14.1. The number of nitrogens with zero attached hydrogens (tertiary/aromatic N) is 1. The summed E-state index contributed by atoms with van der Waals surface area (Å²) in [4.78, 5) is 35.6. The van der Waals surface area contributed by atoms with Crippen molar-refractivity contribution in [2.45, 2.75) is 35.0 Å². The number of benzene rings is 2. The molecule has 0 bridgehead atoms. The molecular weight excluding hydrogens is 580 g/mol. The Balaban J connectivity index is 1.88. The van der Waals surface area contributed by atoms with Gasteiger partial charge in [-0.3, -0.25) is 9.59 Å². The van der Waals surface area contributed by atoms with Gasteiger partial charge < -0.3 is 25.4 Å². The molecule has 1 aliphatic rings. The number of anilines is 1. The molecule has 3 amide bonds. The summed E-state index contributed by atoms with van der Waals surface area (Å²) in [5, 5.41) is 13.5. The lowest BCUT2D eigenvalue weighted by Crippen LogP contribution is -2.39. The van der Waals surface area contributed by atoms with Gasteiger partial charge in [0.2, 0.25) is 5.91 Å². The highest BCUT2D eigenvalue weighted by atomic mass is 32.2. The number of rotatable bonds is 9. The number of amides is 3. The van der Waals surface area contributed by atoms with Crippen LogP contribution in [0.3, 0.4) is 0 Å². The number of ether oxygens (including phenoxy) is 1. The summed E-state index contributed by atoms with van der Waals surface area (Å²) in [6, 6.07) is 6.54. The van der Waals surface area contributed by atoms with Crippen LogP contribution in [0.1, 0.15) is 29.5 Å². The van der Waals surface area contributed by atoms with Gasteiger partial charge in [0.1, 0.15) is 0 Å². The van der Waals surface area contributed by atoms with Crippen molar-refractivity contribution < 1.29 is 50.6 Å². The van der Waals surface area contributed by atoms with Crippen molar-refractivity contribution in [2.24, 2.45) is 0 Å². The molecular formula is C26H25F6N3O5S. The number of aliphatic carboxylic acids is 1. The van der Waals surface area contributed by atoms with Gasteiger partial charge in [-0.05, 0) is 42.3 Å². The van der Waals surface area contributed by atoms with E-state index in [1.807, 2.05) is 0 Å². The van der Waals surface area contributed by atoms with Gasteiger partial charge >= 0.3 is 24.4 Å². The summed E-state index contributed by atoms with van der Waals surface area (Å²) >= 11 is 0.423. The van der Waals surface area contributed by atoms with E-state index in [9.17, 15) is 40.7 Å². The van der Waals surface area contributed by atoms with Crippen molar-refractivity contribution in [1.29, 1.82) is 0 Å². The molecule has 8 nitrogen and oxygen atoms in total. The first kappa shape index (κ1) is 31.8. The number of nitrogens with one attached hydrogen (secondary N) is 2. The van der Waals surface area contributed by atoms with Gasteiger partial charge in [0, 0.05) is 47.6 Å². The normalized spacial score (nSPS) is 14.2. The van der Waals surface area contributed by atoms with Gasteiger partial charge in [0.05, 0.1) is 24.3 Å². The summed E-state index contributed by atoms with van der Waals surface area (Å²) in [7, 11) is 0. The van der Waals surface area contributed by atoms with E-state index < -0.39 is 51.8 Å². The third kappa shape index (κ3) is 9.42. The van der Waals surface area contributed by atoms with E-state index in [1.54, 1.807) is 0 Å². The van der Waals surface area contributed by atoms with Gasteiger partial charge in [-0.2, -0.15) is 26.3 Å². The minimum atomic E-state index is -5.40. The standard InChI is InChI=1S/C26H25F6N3O5S/c27-25(28,29)22-16(7-9-20(36)35-11-13-40-14-12-35)6-8-19(23(22)26(30,31)32)41-18-4-1-3-17(15-18)34-24(39)33-10-2-5-21(37)38/h1,3-4,6-9,15H,2,5,10-14H2,(H,37,38)(H2,33,34,39). The molecule has 41 heavy (non-hydrogen) atoms. The zero-order valence-corrected chi connectivity index (χ0v) is 22.1. The van der Waals surface area contributed by atoms with Crippen molar-refractivity contribution in [3.05, 3.63) is 59.2 Å². The quantitative estimate of drug-likeness (QED) is 0.191. The largest absolute Gasteiger partial charge is 0.481 e. The Morgan fingerprint density at radius 1 is 1.00 bits per heavy atom. The predicted molar refractivity (Wildman–Crippen MR) is 137 cm³/mol. The van der Waals surface area contributed by atoms with Crippen molar-refractivity contribution >= 4 is 41.4 Å². The number of carbonyl (C=O) groups excluding carboxylic acids is 2. The van der Waals surface area contributed by atoms with E-state index in [1.165, 1.54) is 29.2 Å². The first-order valence-corrected chi connectivity index (χ1v) is 13.0. The fourth-order valence-corrected chi connectivity index (χ4v) is 4.88. The summed E-state index contributed by atoms with van der Waals surface area (Å²) in [6.45, 7) is 0.954. The highest BCUT2D eigenvalue weighted by Crippen LogP contribution is 2.48. The maximum Gasteiger partial charge on any atom is 0.418 e. The maximum absolute atomic E-state index is 14.1. The topological polar surface area (TPSA) is 108 Å². The second-order valence-corrected chi connectivity index (χ2v) is 9.79. The third-order valence-electron chi connectivity index (χ3n) is 5.67. The van der Waals surface area contributed by atoms with Crippen LogP contribution in [-0.2, 0) is 26.7 Å². The second kappa shape index (κ2) is 13.8. The van der Waals surface area contributed by atoms with E-state index in [0.717, 1.165) is 24.3 Å². The van der Waals surface area contributed by atoms with E-state index in [0.29, 0.717) is 11.8 Å². The number of carboxylic acid groups (broad SMARTS) is 1. The molecule has 2 aromatic carbocycles. The molecule has 1 heterocycles. The van der Waals surface area contributed by atoms with Crippen LogP contribution in [0.15, 0.2) is 52.3 Å². The highest BCUT2D eigenvalue weighted by Gasteiger charge is 2.46. The van der Waals surface area contributed by atoms with Crippen molar-refractivity contribution in [1.82, 2.24) is 10.2 Å². The van der Waals surface area contributed by atoms with Gasteiger partial charge in [-0.25, -0.2) is 4.79 Å². The Hall–Kier alpha value is -3.72. The molecule has 1 aliphatic heterocycles. The summed E-state index contributed by atoms with van der Waals surface area (Å²) in [5.74, 6) is -1.68. The molecule has 3 rings (SSSR count). The first-order chi connectivity index (χ1) is 19.3. The Labute approximate surface area is 234 Å². The molecule has 0 saturated carbocycles. The van der Waals surface area contributed by atoms with Crippen molar-refractivity contribution in [3.8, 4) is 0 Å². The number of urea groups is 1. The molecule has 3 N–H and O–H groups in total. The van der Waals surface area contributed by atoms with Crippen LogP contribution in [0, 0.1) is 0 Å². The molecule has 0 radical (unpaired) electrons. The van der Waals surface area contributed by atoms with Gasteiger partial charge in [0.25, 0.3) is 0 Å². The zero-order valence-electron chi connectivity index (χ0n) is 21.3. The minimum absolute atomic E-state index is 0.0561. The van der Waals surface area contributed by atoms with Crippen LogP contribution < -0.4 is 10.6 Å². The third-order valence-corrected chi connectivity index (χ3v) is 6.72. The monoisotopic (exact) mass is 605 g/mol. The minimum Gasteiger partial charge on any atom is -0.481 e. The van der Waals surface area contributed by atoms with Crippen LogP contribution in [0.25, 0.3) is 6.08 Å². The smallest absolute Gasteiger partial charge is 0.418 e. The molecule has 0 aromatic heterocycles. The number of alkyl halides is 6. The Morgan fingerprint density at radius 3 is 2.32 bits per heavy atom. The van der Waals surface area contributed by atoms with Crippen LogP contribution in [0.5, 0.6) is 0 Å². The zero-order chi connectivity index (χ0) is 30.2. The Bertz CT molecular complexity index is 1290. The number of carboxylic acids is 1. The first-order valence-electron chi connectivity index (χ1n) is 12.2. The van der Waals surface area contributed by atoms with Gasteiger partial charge in [0.15, 0.2) is 0 Å². The summed E-state index contributed by atoms with van der Waals surface area (Å²) in [5.41, 5.74) is -4.48. The van der Waals surface area contributed by atoms with Crippen LogP contribution in [0.4, 0.5) is 36.8 Å². The number of halogens is 6. The molecule has 2 aromatic rings. The van der Waals surface area contributed by atoms with Crippen molar-refractivity contribution in [3.63, 3.8) is 0 Å². The number of carbonyl (C=O) groups is 3. The van der Waals surface area contributed by atoms with E-state index in [4.69, 9.17) is 9.84 Å². The predicted octanol–water partition coefficient (Wildman–Crippen LogP) is 5.73. The van der Waals surface area contributed by atoms with Crippen LogP contribution in [-0.4, -0.2) is 60.8 Å². The van der Waals surface area contributed by atoms with E-state index >= 15 is 0 Å². The molecule has 1 saturated heterocycles. The molecule has 222 valence electrons. The molecule has 1 fully saturated rings.